The van der Waals surface area contributed by atoms with Crippen LogP contribution < -0.4 is 4.90 Å². The van der Waals surface area contributed by atoms with Crippen molar-refractivity contribution in [1.29, 1.82) is 0 Å². The van der Waals surface area contributed by atoms with Gasteiger partial charge in [0.1, 0.15) is 0 Å². The van der Waals surface area contributed by atoms with Crippen molar-refractivity contribution >= 4 is 11.8 Å². The number of anilines is 1. The van der Waals surface area contributed by atoms with E-state index in [0.29, 0.717) is 17.6 Å². The van der Waals surface area contributed by atoms with E-state index < -0.39 is 5.97 Å². The fraction of sp³-hybridized carbons (Fsp3) is 0.375. The van der Waals surface area contributed by atoms with E-state index in [2.05, 4.69) is 18.8 Å². The zero-order valence-electron chi connectivity index (χ0n) is 12.2. The predicted molar refractivity (Wildman–Crippen MR) is 79.8 cm³/mol. The van der Waals surface area contributed by atoms with E-state index in [-0.39, 0.29) is 5.76 Å². The van der Waals surface area contributed by atoms with Crippen molar-refractivity contribution in [2.24, 2.45) is 0 Å². The average molecular weight is 286 g/mol. The molecule has 5 heteroatoms. The van der Waals surface area contributed by atoms with E-state index in [1.165, 1.54) is 0 Å². The first kappa shape index (κ1) is 13.7. The van der Waals surface area contributed by atoms with E-state index in [1.807, 2.05) is 29.2 Å². The molecule has 3 rings (SSSR count). The van der Waals surface area contributed by atoms with Crippen LogP contribution in [0.15, 0.2) is 28.7 Å². The van der Waals surface area contributed by atoms with Gasteiger partial charge in [-0.3, -0.25) is 0 Å². The second kappa shape index (κ2) is 5.24. The third-order valence-electron chi connectivity index (χ3n) is 3.77. The molecule has 2 aromatic rings. The largest absolute Gasteiger partial charge is 0.475 e. The SMILES string of the molecule is CC(C)c1ccccc1-c1nc(N2CCC2)c(C(=O)O)o1. The van der Waals surface area contributed by atoms with Crippen molar-refractivity contribution in [3.63, 3.8) is 0 Å². The van der Waals surface area contributed by atoms with Crippen molar-refractivity contribution in [2.75, 3.05) is 18.0 Å². The standard InChI is InChI=1S/C16H18N2O3/c1-10(2)11-6-3-4-7-12(11)15-17-14(18-8-5-9-18)13(21-15)16(19)20/h3-4,6-7,10H,5,8-9H2,1-2H3,(H,19,20). The fourth-order valence-corrected chi connectivity index (χ4v) is 2.50. The van der Waals surface area contributed by atoms with Crippen LogP contribution in [-0.4, -0.2) is 29.1 Å². The first-order valence-corrected chi connectivity index (χ1v) is 7.16. The summed E-state index contributed by atoms with van der Waals surface area (Å²) < 4.78 is 5.56. The Labute approximate surface area is 123 Å². The summed E-state index contributed by atoms with van der Waals surface area (Å²) in [6.07, 6.45) is 1.06. The Balaban J connectivity index is 2.09. The highest BCUT2D eigenvalue weighted by Crippen LogP contribution is 2.33. The van der Waals surface area contributed by atoms with E-state index >= 15 is 0 Å². The molecule has 1 aliphatic rings. The van der Waals surface area contributed by atoms with Crippen LogP contribution >= 0.6 is 0 Å². The first-order chi connectivity index (χ1) is 10.1. The van der Waals surface area contributed by atoms with Crippen LogP contribution in [0.2, 0.25) is 0 Å². The lowest BCUT2D eigenvalue weighted by Gasteiger charge is -2.30. The number of carbonyl (C=O) groups is 1. The smallest absolute Gasteiger partial charge is 0.375 e. The lowest BCUT2D eigenvalue weighted by molar-refractivity contribution is 0.0664. The van der Waals surface area contributed by atoms with Crippen molar-refractivity contribution in [3.05, 3.63) is 35.6 Å². The summed E-state index contributed by atoms with van der Waals surface area (Å²) >= 11 is 0. The summed E-state index contributed by atoms with van der Waals surface area (Å²) in [5.74, 6) is 0.00989. The van der Waals surface area contributed by atoms with Crippen LogP contribution in [0.1, 0.15) is 42.3 Å². The summed E-state index contributed by atoms with van der Waals surface area (Å²) in [6.45, 7) is 5.85. The van der Waals surface area contributed by atoms with Gasteiger partial charge in [-0.15, -0.1) is 0 Å². The molecule has 0 unspecified atom stereocenters. The normalized spacial score (nSPS) is 14.3. The van der Waals surface area contributed by atoms with Gasteiger partial charge in [0, 0.05) is 18.7 Å². The minimum Gasteiger partial charge on any atom is -0.475 e. The quantitative estimate of drug-likeness (QED) is 0.933. The molecule has 0 amide bonds. The number of aromatic carboxylic acids is 1. The molecule has 2 heterocycles. The molecule has 0 spiro atoms. The van der Waals surface area contributed by atoms with Gasteiger partial charge in [0.25, 0.3) is 5.76 Å². The number of hydrogen-bond donors (Lipinski definition) is 1. The van der Waals surface area contributed by atoms with Crippen LogP contribution in [0, 0.1) is 0 Å². The van der Waals surface area contributed by atoms with Gasteiger partial charge in [0.05, 0.1) is 0 Å². The van der Waals surface area contributed by atoms with Crippen LogP contribution in [0.25, 0.3) is 11.5 Å². The van der Waals surface area contributed by atoms with Crippen molar-refractivity contribution < 1.29 is 14.3 Å². The highest BCUT2D eigenvalue weighted by molar-refractivity contribution is 5.91. The molecular formula is C16H18N2O3. The second-order valence-electron chi connectivity index (χ2n) is 5.56. The molecule has 1 saturated heterocycles. The Morgan fingerprint density at radius 3 is 2.62 bits per heavy atom. The molecule has 110 valence electrons. The molecular weight excluding hydrogens is 268 g/mol. The van der Waals surface area contributed by atoms with Gasteiger partial charge >= 0.3 is 5.97 Å². The lowest BCUT2D eigenvalue weighted by atomic mass is 9.97. The number of carboxylic acid groups (broad SMARTS) is 1. The number of carboxylic acids is 1. The van der Waals surface area contributed by atoms with Crippen LogP contribution in [0.3, 0.4) is 0 Å². The summed E-state index contributed by atoms with van der Waals surface area (Å²) in [4.78, 5) is 17.8. The minimum atomic E-state index is -1.07. The summed E-state index contributed by atoms with van der Waals surface area (Å²) in [5.41, 5.74) is 1.97. The highest BCUT2D eigenvalue weighted by atomic mass is 16.4. The van der Waals surface area contributed by atoms with Gasteiger partial charge in [-0.25, -0.2) is 4.79 Å². The Bertz CT molecular complexity index is 672. The van der Waals surface area contributed by atoms with Gasteiger partial charge < -0.3 is 14.4 Å². The van der Waals surface area contributed by atoms with Crippen molar-refractivity contribution in [3.8, 4) is 11.5 Å². The van der Waals surface area contributed by atoms with E-state index in [9.17, 15) is 9.90 Å². The van der Waals surface area contributed by atoms with Crippen LogP contribution in [-0.2, 0) is 0 Å². The highest BCUT2D eigenvalue weighted by Gasteiger charge is 2.28. The van der Waals surface area contributed by atoms with E-state index in [0.717, 1.165) is 30.6 Å². The number of rotatable bonds is 4. The molecule has 1 aromatic carbocycles. The number of benzene rings is 1. The maximum atomic E-state index is 11.4. The number of aromatic nitrogens is 1. The van der Waals surface area contributed by atoms with Crippen LogP contribution in [0.5, 0.6) is 0 Å². The summed E-state index contributed by atoms with van der Waals surface area (Å²) in [7, 11) is 0. The molecule has 0 aliphatic carbocycles. The Morgan fingerprint density at radius 1 is 1.33 bits per heavy atom. The third-order valence-corrected chi connectivity index (χ3v) is 3.77. The first-order valence-electron chi connectivity index (χ1n) is 7.16. The van der Waals surface area contributed by atoms with Crippen LogP contribution in [0.4, 0.5) is 5.82 Å². The Hall–Kier alpha value is -2.30. The number of nitrogens with zero attached hydrogens (tertiary/aromatic N) is 2. The van der Waals surface area contributed by atoms with Gasteiger partial charge in [0.15, 0.2) is 5.82 Å². The molecule has 1 N–H and O–H groups in total. The van der Waals surface area contributed by atoms with Crippen molar-refractivity contribution in [2.45, 2.75) is 26.2 Å². The molecule has 0 saturated carbocycles. The van der Waals surface area contributed by atoms with Gasteiger partial charge in [-0.1, -0.05) is 32.0 Å². The van der Waals surface area contributed by atoms with E-state index in [4.69, 9.17) is 4.42 Å². The fourth-order valence-electron chi connectivity index (χ4n) is 2.50. The monoisotopic (exact) mass is 286 g/mol. The lowest BCUT2D eigenvalue weighted by Crippen LogP contribution is -2.38. The summed E-state index contributed by atoms with van der Waals surface area (Å²) in [6, 6.07) is 7.83. The van der Waals surface area contributed by atoms with Gasteiger partial charge in [-0.05, 0) is 24.0 Å². The molecule has 21 heavy (non-hydrogen) atoms. The molecule has 1 aromatic heterocycles. The second-order valence-corrected chi connectivity index (χ2v) is 5.56. The molecule has 1 aliphatic heterocycles. The van der Waals surface area contributed by atoms with Gasteiger partial charge in [0.2, 0.25) is 5.89 Å². The molecule has 5 nitrogen and oxygen atoms in total. The molecule has 0 radical (unpaired) electrons. The number of oxazole rings is 1. The summed E-state index contributed by atoms with van der Waals surface area (Å²) in [5, 5.41) is 9.31. The van der Waals surface area contributed by atoms with Crippen molar-refractivity contribution in [1.82, 2.24) is 4.98 Å². The predicted octanol–water partition coefficient (Wildman–Crippen LogP) is 3.37. The topological polar surface area (TPSA) is 66.6 Å². The van der Waals surface area contributed by atoms with E-state index in [1.54, 1.807) is 0 Å². The zero-order valence-corrected chi connectivity index (χ0v) is 12.2. The maximum Gasteiger partial charge on any atom is 0.375 e. The minimum absolute atomic E-state index is 0.0664. The third kappa shape index (κ3) is 2.39. The average Bonchev–Trinajstić information content (AvgIpc) is 2.81. The maximum absolute atomic E-state index is 11.4. The Kier molecular flexibility index (Phi) is 3.41. The number of hydrogen-bond acceptors (Lipinski definition) is 4. The molecule has 1 fully saturated rings. The zero-order chi connectivity index (χ0) is 15.0. The Morgan fingerprint density at radius 2 is 2.05 bits per heavy atom. The molecule has 0 bridgehead atoms. The molecule has 0 atom stereocenters. The van der Waals surface area contributed by atoms with Gasteiger partial charge in [-0.2, -0.15) is 4.98 Å².